The van der Waals surface area contributed by atoms with Crippen molar-refractivity contribution in [2.45, 2.75) is 13.0 Å². The van der Waals surface area contributed by atoms with E-state index < -0.39 is 5.92 Å². The summed E-state index contributed by atoms with van der Waals surface area (Å²) in [6, 6.07) is 21.6. The molecule has 0 unspecified atom stereocenters. The van der Waals surface area contributed by atoms with Gasteiger partial charge in [-0.05, 0) is 54.6 Å². The molecule has 0 bridgehead atoms. The first kappa shape index (κ1) is 25.2. The Balaban J connectivity index is 1.27. The van der Waals surface area contributed by atoms with Crippen LogP contribution in [0.2, 0.25) is 0 Å². The van der Waals surface area contributed by atoms with E-state index in [0.29, 0.717) is 36.0 Å². The van der Waals surface area contributed by atoms with E-state index >= 15 is 0 Å². The smallest absolute Gasteiger partial charge is 0.262 e. The highest BCUT2D eigenvalue weighted by atomic mass is 79.9. The van der Waals surface area contributed by atoms with Crippen molar-refractivity contribution in [2.24, 2.45) is 5.92 Å². The fraction of sp³-hybridized carbons (Fsp3) is 0.222. The minimum Gasteiger partial charge on any atom is -0.496 e. The van der Waals surface area contributed by atoms with Gasteiger partial charge in [0.05, 0.1) is 13.0 Å². The quantitative estimate of drug-likeness (QED) is 0.416. The maximum atomic E-state index is 12.7. The van der Waals surface area contributed by atoms with E-state index in [1.165, 1.54) is 0 Å². The number of hydrogen-bond acceptors (Lipinski definition) is 5. The molecule has 0 aliphatic carbocycles. The van der Waals surface area contributed by atoms with Gasteiger partial charge in [0.1, 0.15) is 11.5 Å². The summed E-state index contributed by atoms with van der Waals surface area (Å²) in [5, 5.41) is 5.67. The molecule has 2 N–H and O–H groups in total. The number of ether oxygens (including phenoxy) is 2. The minimum atomic E-state index is -0.439. The topological polar surface area (TPSA) is 97.0 Å². The van der Waals surface area contributed by atoms with Gasteiger partial charge >= 0.3 is 0 Å². The number of anilines is 2. The number of methoxy groups -OCH3 is 1. The van der Waals surface area contributed by atoms with Gasteiger partial charge < -0.3 is 25.0 Å². The molecule has 0 saturated carbocycles. The molecular weight excluding hydrogens is 526 g/mol. The molecule has 9 heteroatoms. The zero-order chi connectivity index (χ0) is 25.5. The molecule has 1 aliphatic rings. The molecule has 36 heavy (non-hydrogen) atoms. The monoisotopic (exact) mass is 551 g/mol. The van der Waals surface area contributed by atoms with Crippen molar-refractivity contribution in [3.63, 3.8) is 0 Å². The van der Waals surface area contributed by atoms with Gasteiger partial charge in [-0.1, -0.05) is 34.1 Å². The van der Waals surface area contributed by atoms with E-state index in [1.54, 1.807) is 48.4 Å². The number of nitrogens with zero attached hydrogens (tertiary/aromatic N) is 1. The molecule has 1 heterocycles. The fourth-order valence-electron chi connectivity index (χ4n) is 3.91. The summed E-state index contributed by atoms with van der Waals surface area (Å²) < 4.78 is 11.8. The van der Waals surface area contributed by atoms with E-state index in [9.17, 15) is 14.4 Å². The number of hydrogen-bond donors (Lipinski definition) is 2. The van der Waals surface area contributed by atoms with Gasteiger partial charge in [-0.15, -0.1) is 0 Å². The highest BCUT2D eigenvalue weighted by Crippen LogP contribution is 2.27. The highest BCUT2D eigenvalue weighted by Gasteiger charge is 2.35. The van der Waals surface area contributed by atoms with Crippen LogP contribution in [0.3, 0.4) is 0 Å². The van der Waals surface area contributed by atoms with E-state index in [1.807, 2.05) is 36.4 Å². The molecule has 4 rings (SSSR count). The van der Waals surface area contributed by atoms with Gasteiger partial charge in [0.2, 0.25) is 11.8 Å². The maximum Gasteiger partial charge on any atom is 0.262 e. The summed E-state index contributed by atoms with van der Waals surface area (Å²) in [4.78, 5) is 39.0. The Bertz CT molecular complexity index is 1230. The Morgan fingerprint density at radius 1 is 1.03 bits per heavy atom. The Morgan fingerprint density at radius 3 is 2.47 bits per heavy atom. The number of benzene rings is 3. The molecule has 1 atom stereocenters. The summed E-state index contributed by atoms with van der Waals surface area (Å²) in [6.45, 7) is 0.480. The molecule has 3 aromatic carbocycles. The number of para-hydroxylation sites is 1. The summed E-state index contributed by atoms with van der Waals surface area (Å²) in [5.41, 5.74) is 2.22. The van der Waals surface area contributed by atoms with E-state index in [0.717, 1.165) is 10.0 Å². The van der Waals surface area contributed by atoms with Gasteiger partial charge in [0.25, 0.3) is 5.91 Å². The molecule has 0 radical (unpaired) electrons. The van der Waals surface area contributed by atoms with Crippen molar-refractivity contribution in [1.29, 1.82) is 0 Å². The maximum absolute atomic E-state index is 12.7. The predicted molar refractivity (Wildman–Crippen MR) is 140 cm³/mol. The second kappa shape index (κ2) is 11.7. The summed E-state index contributed by atoms with van der Waals surface area (Å²) in [6.07, 6.45) is 0.145. The molecule has 8 nitrogen and oxygen atoms in total. The van der Waals surface area contributed by atoms with Crippen LogP contribution >= 0.6 is 15.9 Å². The third-order valence-corrected chi connectivity index (χ3v) is 6.32. The summed E-state index contributed by atoms with van der Waals surface area (Å²) in [7, 11) is 1.59. The normalized spacial score (nSPS) is 14.9. The average Bonchev–Trinajstić information content (AvgIpc) is 3.29. The third kappa shape index (κ3) is 6.42. The number of halogens is 1. The third-order valence-electron chi connectivity index (χ3n) is 5.79. The van der Waals surface area contributed by atoms with Crippen molar-refractivity contribution in [3.8, 4) is 11.5 Å². The van der Waals surface area contributed by atoms with Crippen molar-refractivity contribution in [2.75, 3.05) is 30.5 Å². The molecule has 3 aromatic rings. The van der Waals surface area contributed by atoms with Crippen LogP contribution in [-0.2, 0) is 20.9 Å². The number of amides is 3. The lowest BCUT2D eigenvalue weighted by atomic mass is 10.1. The average molecular weight is 552 g/mol. The standard InChI is InChI=1S/C27H26BrN3O5/c1-35-24-5-3-2-4-18(24)15-29-27(34)19-14-26(33)31(16-19)22-10-12-23(13-11-22)36-17-25(32)30-21-8-6-20(28)7-9-21/h2-13,19H,14-17H2,1H3,(H,29,34)(H,30,32)/t19-/m1/s1. The molecule has 1 aliphatic heterocycles. The molecule has 1 fully saturated rings. The SMILES string of the molecule is COc1ccccc1CNC(=O)[C@@H]1CC(=O)N(c2ccc(OCC(=O)Nc3ccc(Br)cc3)cc2)C1. The summed E-state index contributed by atoms with van der Waals surface area (Å²) in [5.74, 6) is 0.199. The number of rotatable bonds is 9. The zero-order valence-electron chi connectivity index (χ0n) is 19.7. The molecule has 1 saturated heterocycles. The van der Waals surface area contributed by atoms with Crippen LogP contribution in [0.15, 0.2) is 77.3 Å². The van der Waals surface area contributed by atoms with Gasteiger partial charge in [0.15, 0.2) is 6.61 Å². The molecule has 0 spiro atoms. The Hall–Kier alpha value is -3.85. The Labute approximate surface area is 217 Å². The number of carbonyl (C=O) groups excluding carboxylic acids is 3. The highest BCUT2D eigenvalue weighted by molar-refractivity contribution is 9.10. The largest absolute Gasteiger partial charge is 0.496 e. The lowest BCUT2D eigenvalue weighted by Crippen LogP contribution is -2.32. The van der Waals surface area contributed by atoms with Crippen LogP contribution in [0.1, 0.15) is 12.0 Å². The van der Waals surface area contributed by atoms with Crippen molar-refractivity contribution < 1.29 is 23.9 Å². The predicted octanol–water partition coefficient (Wildman–Crippen LogP) is 4.14. The zero-order valence-corrected chi connectivity index (χ0v) is 21.3. The molecular formula is C27H26BrN3O5. The van der Waals surface area contributed by atoms with Gasteiger partial charge in [-0.3, -0.25) is 14.4 Å². The first-order chi connectivity index (χ1) is 17.4. The van der Waals surface area contributed by atoms with Crippen LogP contribution in [-0.4, -0.2) is 38.0 Å². The molecule has 0 aromatic heterocycles. The van der Waals surface area contributed by atoms with E-state index in [4.69, 9.17) is 9.47 Å². The fourth-order valence-corrected chi connectivity index (χ4v) is 4.17. The second-order valence-corrected chi connectivity index (χ2v) is 9.19. The van der Waals surface area contributed by atoms with E-state index in [2.05, 4.69) is 26.6 Å². The van der Waals surface area contributed by atoms with Crippen molar-refractivity contribution >= 4 is 45.0 Å². The first-order valence-corrected chi connectivity index (χ1v) is 12.2. The van der Waals surface area contributed by atoms with E-state index in [-0.39, 0.29) is 30.7 Å². The Morgan fingerprint density at radius 2 is 1.75 bits per heavy atom. The van der Waals surface area contributed by atoms with Crippen LogP contribution in [0.4, 0.5) is 11.4 Å². The molecule has 3 amide bonds. The first-order valence-electron chi connectivity index (χ1n) is 11.4. The minimum absolute atomic E-state index is 0.116. The second-order valence-electron chi connectivity index (χ2n) is 8.27. The van der Waals surface area contributed by atoms with Gasteiger partial charge in [-0.25, -0.2) is 0 Å². The Kier molecular flexibility index (Phi) is 8.22. The van der Waals surface area contributed by atoms with Crippen LogP contribution in [0, 0.1) is 5.92 Å². The van der Waals surface area contributed by atoms with Crippen LogP contribution in [0.25, 0.3) is 0 Å². The lowest BCUT2D eigenvalue weighted by Gasteiger charge is -2.17. The van der Waals surface area contributed by atoms with Crippen LogP contribution in [0.5, 0.6) is 11.5 Å². The van der Waals surface area contributed by atoms with Crippen LogP contribution < -0.4 is 25.0 Å². The van der Waals surface area contributed by atoms with Crippen molar-refractivity contribution in [3.05, 3.63) is 82.8 Å². The van der Waals surface area contributed by atoms with Gasteiger partial charge in [0, 0.05) is 40.9 Å². The van der Waals surface area contributed by atoms with Crippen molar-refractivity contribution in [1.82, 2.24) is 5.32 Å². The number of carbonyl (C=O) groups is 3. The molecule has 186 valence electrons. The van der Waals surface area contributed by atoms with Gasteiger partial charge in [-0.2, -0.15) is 0 Å². The number of nitrogens with one attached hydrogen (secondary N) is 2. The lowest BCUT2D eigenvalue weighted by molar-refractivity contribution is -0.126. The summed E-state index contributed by atoms with van der Waals surface area (Å²) >= 11 is 3.35.